The zero-order chi connectivity index (χ0) is 38.6. The lowest BCUT2D eigenvalue weighted by Crippen LogP contribution is -2.44. The van der Waals surface area contributed by atoms with Crippen LogP contribution in [-0.4, -0.2) is 103 Å². The number of aliphatic hydroxyl groups is 1. The summed E-state index contributed by atoms with van der Waals surface area (Å²) < 4.78 is 27.9. The van der Waals surface area contributed by atoms with E-state index < -0.39 is 48.1 Å². The molecule has 1 saturated heterocycles. The zero-order valence-corrected chi connectivity index (χ0v) is 30.6. The predicted molar refractivity (Wildman–Crippen MR) is 194 cm³/mol. The lowest BCUT2D eigenvalue weighted by atomic mass is 9.89. The standard InChI is InChI=1S/C38H47FN8O7/c1-24(2)36-27(19-34(50)42-15-17-46-22-30(44-45-46)26-10-13-40-14-11-26)8-9-33(49)41-12-4-6-25(3)18-29(48)20-28(39)21-35-43-31(23-53-35)37(51)47-16-5-7-32(47)38(52)54-36/h4,6,8-11,13-14,18,22-24,27-29,32,36,48H,5,7,12,15-17,19-21H2,1-3H3,(H,41,49)(H,42,50)/b6-4+,9-8+,25-18+/t27-,28+,29+,32+,36+/m0/s1. The molecule has 0 unspecified atom stereocenters. The van der Waals surface area contributed by atoms with E-state index >= 15 is 0 Å². The average Bonchev–Trinajstić information content (AvgIpc) is 3.92. The van der Waals surface area contributed by atoms with Gasteiger partial charge in [0.25, 0.3) is 5.91 Å². The normalized spacial score (nSPS) is 25.6. The fraction of sp³-hybridized carbons (Fsp3) is 0.474. The number of allylic oxidation sites excluding steroid dienone is 2. The highest BCUT2D eigenvalue weighted by molar-refractivity contribution is 5.95. The van der Waals surface area contributed by atoms with Crippen molar-refractivity contribution in [2.75, 3.05) is 19.6 Å². The van der Waals surface area contributed by atoms with Crippen molar-refractivity contribution in [1.82, 2.24) is 40.5 Å². The van der Waals surface area contributed by atoms with Gasteiger partial charge in [-0.05, 0) is 43.9 Å². The lowest BCUT2D eigenvalue weighted by molar-refractivity contribution is -0.159. The molecule has 288 valence electrons. The van der Waals surface area contributed by atoms with Crippen molar-refractivity contribution in [1.29, 1.82) is 0 Å². The van der Waals surface area contributed by atoms with Crippen LogP contribution in [0.15, 0.2) is 77.4 Å². The first kappa shape index (κ1) is 39.7. The van der Waals surface area contributed by atoms with Gasteiger partial charge in [-0.1, -0.05) is 48.9 Å². The van der Waals surface area contributed by atoms with Crippen LogP contribution in [0.3, 0.4) is 0 Å². The Morgan fingerprint density at radius 1 is 1.17 bits per heavy atom. The number of pyridine rings is 1. The number of nitrogens with one attached hydrogen (secondary N) is 2. The molecule has 3 aromatic rings. The molecule has 2 bridgehead atoms. The number of ether oxygens (including phenoxy) is 1. The number of carbonyl (C=O) groups is 4. The number of oxazole rings is 1. The Bertz CT molecular complexity index is 1840. The van der Waals surface area contributed by atoms with Crippen LogP contribution in [0.25, 0.3) is 11.3 Å². The van der Waals surface area contributed by atoms with Crippen molar-refractivity contribution in [3.8, 4) is 11.3 Å². The van der Waals surface area contributed by atoms with Crippen molar-refractivity contribution >= 4 is 23.7 Å². The predicted octanol–water partition coefficient (Wildman–Crippen LogP) is 3.14. The van der Waals surface area contributed by atoms with Crippen LogP contribution in [0.5, 0.6) is 0 Å². The van der Waals surface area contributed by atoms with Crippen LogP contribution in [0.1, 0.15) is 62.8 Å². The van der Waals surface area contributed by atoms with Gasteiger partial charge in [-0.25, -0.2) is 14.2 Å². The molecule has 3 amide bonds. The summed E-state index contributed by atoms with van der Waals surface area (Å²) in [6.45, 7) is 6.45. The molecular formula is C38H47FN8O7. The SMILES string of the molecule is CC1=C\[C@@H](O)C[C@@H](F)Cc2nc(co2)C(=O)N2CCC[C@@H]2C(=O)O[C@H](C(C)C)[C@H](CC(=O)NCCn2cc(-c3ccncc3)nn2)/C=C/C(=O)NC\C=C\1. The van der Waals surface area contributed by atoms with Gasteiger partial charge in [0.15, 0.2) is 11.6 Å². The number of aliphatic hydroxyl groups excluding tert-OH is 1. The van der Waals surface area contributed by atoms with Gasteiger partial charge in [0.05, 0.1) is 25.3 Å². The van der Waals surface area contributed by atoms with Crippen LogP contribution in [0, 0.1) is 11.8 Å². The molecule has 0 spiro atoms. The van der Waals surface area contributed by atoms with Gasteiger partial charge in [0.2, 0.25) is 11.8 Å². The van der Waals surface area contributed by atoms with Crippen molar-refractivity contribution < 1.29 is 37.8 Å². The molecule has 1 fully saturated rings. The number of amides is 3. The van der Waals surface area contributed by atoms with E-state index in [1.807, 2.05) is 26.0 Å². The maximum absolute atomic E-state index is 14.8. The highest BCUT2D eigenvalue weighted by atomic mass is 19.1. The molecule has 0 saturated carbocycles. The monoisotopic (exact) mass is 746 g/mol. The molecule has 15 nitrogen and oxygen atoms in total. The Labute approximate surface area is 312 Å². The molecule has 2 aliphatic rings. The highest BCUT2D eigenvalue weighted by Crippen LogP contribution is 2.27. The van der Waals surface area contributed by atoms with E-state index in [2.05, 4.69) is 30.9 Å². The van der Waals surface area contributed by atoms with Gasteiger partial charge >= 0.3 is 5.97 Å². The summed E-state index contributed by atoms with van der Waals surface area (Å²) in [5.74, 6) is -2.96. The van der Waals surface area contributed by atoms with Crippen LogP contribution in [0.2, 0.25) is 0 Å². The molecule has 3 N–H and O–H groups in total. The summed E-state index contributed by atoms with van der Waals surface area (Å²) in [7, 11) is 0. The topological polar surface area (TPSA) is 195 Å². The Morgan fingerprint density at radius 2 is 1.96 bits per heavy atom. The number of fused-ring (bicyclic) bond motifs is 3. The van der Waals surface area contributed by atoms with Gasteiger partial charge in [-0.15, -0.1) is 5.10 Å². The molecule has 5 heterocycles. The number of nitrogens with zero attached hydrogens (tertiary/aromatic N) is 6. The summed E-state index contributed by atoms with van der Waals surface area (Å²) >= 11 is 0. The van der Waals surface area contributed by atoms with Crippen molar-refractivity contribution in [2.24, 2.45) is 11.8 Å². The minimum atomic E-state index is -1.50. The minimum Gasteiger partial charge on any atom is -0.460 e. The fourth-order valence-electron chi connectivity index (χ4n) is 6.42. The Morgan fingerprint density at radius 3 is 2.74 bits per heavy atom. The maximum atomic E-state index is 14.8. The number of halogens is 1. The third-order valence-electron chi connectivity index (χ3n) is 9.11. The zero-order valence-electron chi connectivity index (χ0n) is 30.6. The number of carbonyl (C=O) groups excluding carboxylic acids is 4. The first-order valence-electron chi connectivity index (χ1n) is 18.1. The van der Waals surface area contributed by atoms with E-state index in [1.54, 1.807) is 48.4 Å². The molecule has 5 rings (SSSR count). The summed E-state index contributed by atoms with van der Waals surface area (Å²) in [6.07, 6.45) is 10.9. The minimum absolute atomic E-state index is 0.00475. The second-order valence-electron chi connectivity index (χ2n) is 13.8. The average molecular weight is 747 g/mol. The van der Waals surface area contributed by atoms with Crippen molar-refractivity contribution in [3.63, 3.8) is 0 Å². The molecule has 2 aliphatic heterocycles. The van der Waals surface area contributed by atoms with Gasteiger partial charge < -0.3 is 29.8 Å². The largest absolute Gasteiger partial charge is 0.460 e. The summed E-state index contributed by atoms with van der Waals surface area (Å²) in [5, 5.41) is 24.3. The number of cyclic esters (lactones) is 1. The third kappa shape index (κ3) is 11.2. The molecule has 0 aromatic carbocycles. The van der Waals surface area contributed by atoms with E-state index in [9.17, 15) is 28.7 Å². The number of hydrogen-bond acceptors (Lipinski definition) is 11. The van der Waals surface area contributed by atoms with Crippen molar-refractivity contribution in [2.45, 2.75) is 83.8 Å². The molecular weight excluding hydrogens is 699 g/mol. The second kappa shape index (κ2) is 19.0. The number of rotatable bonds is 7. The number of aromatic nitrogens is 5. The Hall–Kier alpha value is -5.51. The Balaban J connectivity index is 1.32. The maximum Gasteiger partial charge on any atom is 0.329 e. The van der Waals surface area contributed by atoms with Crippen LogP contribution < -0.4 is 10.6 Å². The van der Waals surface area contributed by atoms with Gasteiger partial charge in [0, 0.05) is 56.4 Å². The Kier molecular flexibility index (Phi) is 14.0. The van der Waals surface area contributed by atoms with E-state index in [-0.39, 0.29) is 62.3 Å². The van der Waals surface area contributed by atoms with Crippen LogP contribution in [0.4, 0.5) is 4.39 Å². The van der Waals surface area contributed by atoms with E-state index in [0.29, 0.717) is 30.7 Å². The second-order valence-corrected chi connectivity index (χ2v) is 13.8. The molecule has 3 aromatic heterocycles. The van der Waals surface area contributed by atoms with Crippen LogP contribution in [-0.2, 0) is 32.1 Å². The van der Waals surface area contributed by atoms with Gasteiger partial charge in [0.1, 0.15) is 30.3 Å². The molecule has 54 heavy (non-hydrogen) atoms. The molecule has 0 aliphatic carbocycles. The number of alkyl halides is 1. The first-order chi connectivity index (χ1) is 26.0. The highest BCUT2D eigenvalue weighted by Gasteiger charge is 2.39. The first-order valence-corrected chi connectivity index (χ1v) is 18.1. The number of hydrogen-bond donors (Lipinski definition) is 3. The van der Waals surface area contributed by atoms with E-state index in [4.69, 9.17) is 9.15 Å². The van der Waals surface area contributed by atoms with E-state index in [1.165, 1.54) is 17.1 Å². The number of esters is 1. The summed E-state index contributed by atoms with van der Waals surface area (Å²) in [6, 6.07) is 2.72. The lowest BCUT2D eigenvalue weighted by Gasteiger charge is -2.30. The van der Waals surface area contributed by atoms with Gasteiger partial charge in [-0.2, -0.15) is 0 Å². The molecule has 0 radical (unpaired) electrons. The fourth-order valence-corrected chi connectivity index (χ4v) is 6.42. The van der Waals surface area contributed by atoms with E-state index in [0.717, 1.165) is 11.8 Å². The quantitative estimate of drug-likeness (QED) is 0.301. The molecule has 5 atom stereocenters. The smallest absolute Gasteiger partial charge is 0.329 e. The summed E-state index contributed by atoms with van der Waals surface area (Å²) in [4.78, 5) is 63.0. The molecule has 16 heteroatoms. The third-order valence-corrected chi connectivity index (χ3v) is 9.11. The van der Waals surface area contributed by atoms with Crippen molar-refractivity contribution in [3.05, 3.63) is 84.5 Å². The van der Waals surface area contributed by atoms with Crippen LogP contribution >= 0.6 is 0 Å². The van der Waals surface area contributed by atoms with Gasteiger partial charge in [-0.3, -0.25) is 24.0 Å². The summed E-state index contributed by atoms with van der Waals surface area (Å²) in [5.41, 5.74) is 2.12.